The van der Waals surface area contributed by atoms with E-state index in [0.717, 1.165) is 55.7 Å². The third-order valence-corrected chi connectivity index (χ3v) is 3.77. The van der Waals surface area contributed by atoms with E-state index in [0.29, 0.717) is 12.5 Å². The van der Waals surface area contributed by atoms with Crippen LogP contribution in [0.1, 0.15) is 51.0 Å². The van der Waals surface area contributed by atoms with Crippen molar-refractivity contribution in [3.8, 4) is 0 Å². The van der Waals surface area contributed by atoms with E-state index in [1.54, 1.807) is 6.20 Å². The van der Waals surface area contributed by atoms with Gasteiger partial charge in [-0.1, -0.05) is 25.1 Å². The summed E-state index contributed by atoms with van der Waals surface area (Å²) in [6, 6.07) is 7.84. The smallest absolute Gasteiger partial charge is 0.191 e. The maximum absolute atomic E-state index is 5.33. The summed E-state index contributed by atoms with van der Waals surface area (Å²) in [7, 11) is 0. The predicted molar refractivity (Wildman–Crippen MR) is 121 cm³/mol. The van der Waals surface area contributed by atoms with Gasteiger partial charge in [-0.2, -0.15) is 0 Å². The fourth-order valence-corrected chi connectivity index (χ4v) is 2.31. The summed E-state index contributed by atoms with van der Waals surface area (Å²) in [6.45, 7) is 9.32. The molecule has 150 valence electrons. The normalized spacial score (nSPS) is 11.2. The SMILES string of the molecule is CCNC(=NCc1cc(C(C)C)no1)NCCCCNc1ccccn1.I. The first-order valence-electron chi connectivity index (χ1n) is 9.31. The van der Waals surface area contributed by atoms with Crippen LogP contribution in [-0.2, 0) is 6.54 Å². The summed E-state index contributed by atoms with van der Waals surface area (Å²) >= 11 is 0. The summed E-state index contributed by atoms with van der Waals surface area (Å²) in [6.07, 6.45) is 3.90. The van der Waals surface area contributed by atoms with Crippen molar-refractivity contribution < 1.29 is 4.52 Å². The molecule has 0 saturated heterocycles. The van der Waals surface area contributed by atoms with Crippen molar-refractivity contribution in [2.45, 2.75) is 46.1 Å². The number of hydrogen-bond acceptors (Lipinski definition) is 5. The van der Waals surface area contributed by atoms with Gasteiger partial charge in [0, 0.05) is 31.9 Å². The Hall–Kier alpha value is -1.84. The van der Waals surface area contributed by atoms with Crippen LogP contribution in [0.25, 0.3) is 0 Å². The van der Waals surface area contributed by atoms with E-state index < -0.39 is 0 Å². The molecule has 0 fully saturated rings. The molecule has 27 heavy (non-hydrogen) atoms. The standard InChI is InChI=1S/C19H30N6O.HI/c1-4-20-19(24-14-16-13-17(15(2)3)25-26-16)23-12-8-7-11-22-18-9-5-6-10-21-18;/h5-6,9-10,13,15H,4,7-8,11-12,14H2,1-3H3,(H,21,22)(H2,20,23,24);1H. The van der Waals surface area contributed by atoms with Crippen LogP contribution in [0.15, 0.2) is 40.0 Å². The lowest BCUT2D eigenvalue weighted by atomic mass is 10.1. The third-order valence-electron chi connectivity index (χ3n) is 3.77. The molecule has 0 bridgehead atoms. The Morgan fingerprint density at radius 2 is 2.00 bits per heavy atom. The van der Waals surface area contributed by atoms with Crippen LogP contribution in [0.5, 0.6) is 0 Å². The number of guanidine groups is 1. The summed E-state index contributed by atoms with van der Waals surface area (Å²) in [5, 5.41) is 14.0. The highest BCUT2D eigenvalue weighted by Gasteiger charge is 2.07. The zero-order chi connectivity index (χ0) is 18.6. The first kappa shape index (κ1) is 23.2. The van der Waals surface area contributed by atoms with Crippen molar-refractivity contribution in [3.63, 3.8) is 0 Å². The van der Waals surface area contributed by atoms with Crippen molar-refractivity contribution in [1.29, 1.82) is 0 Å². The highest BCUT2D eigenvalue weighted by atomic mass is 127. The van der Waals surface area contributed by atoms with E-state index in [1.807, 2.05) is 24.3 Å². The average Bonchev–Trinajstić information content (AvgIpc) is 3.12. The van der Waals surface area contributed by atoms with Gasteiger partial charge in [-0.15, -0.1) is 24.0 Å². The Labute approximate surface area is 178 Å². The lowest BCUT2D eigenvalue weighted by Crippen LogP contribution is -2.37. The van der Waals surface area contributed by atoms with E-state index in [4.69, 9.17) is 4.52 Å². The van der Waals surface area contributed by atoms with Crippen molar-refractivity contribution in [2.75, 3.05) is 25.0 Å². The monoisotopic (exact) mass is 486 g/mol. The minimum Gasteiger partial charge on any atom is -0.370 e. The van der Waals surface area contributed by atoms with Crippen LogP contribution in [0.2, 0.25) is 0 Å². The van der Waals surface area contributed by atoms with Crippen LogP contribution in [0, 0.1) is 0 Å². The number of nitrogens with one attached hydrogen (secondary N) is 3. The second-order valence-electron chi connectivity index (χ2n) is 6.34. The third kappa shape index (κ3) is 9.07. The van der Waals surface area contributed by atoms with Crippen LogP contribution in [-0.4, -0.2) is 35.7 Å². The molecule has 0 spiro atoms. The van der Waals surface area contributed by atoms with Crippen LogP contribution < -0.4 is 16.0 Å². The molecule has 0 amide bonds. The van der Waals surface area contributed by atoms with Crippen molar-refractivity contribution in [2.24, 2.45) is 4.99 Å². The number of rotatable bonds is 10. The van der Waals surface area contributed by atoms with Gasteiger partial charge in [-0.3, -0.25) is 0 Å². The van der Waals surface area contributed by atoms with Crippen LogP contribution >= 0.6 is 24.0 Å². The fraction of sp³-hybridized carbons (Fsp3) is 0.526. The molecule has 2 aromatic heterocycles. The molecule has 2 heterocycles. The lowest BCUT2D eigenvalue weighted by molar-refractivity contribution is 0.376. The van der Waals surface area contributed by atoms with Gasteiger partial charge in [0.15, 0.2) is 11.7 Å². The Bertz CT molecular complexity index is 659. The van der Waals surface area contributed by atoms with Gasteiger partial charge in [0.25, 0.3) is 0 Å². The quantitative estimate of drug-likeness (QED) is 0.205. The van der Waals surface area contributed by atoms with Crippen LogP contribution in [0.4, 0.5) is 5.82 Å². The molecule has 0 aliphatic carbocycles. The molecule has 8 heteroatoms. The largest absolute Gasteiger partial charge is 0.370 e. The number of halogens is 1. The number of aromatic nitrogens is 2. The first-order valence-corrected chi connectivity index (χ1v) is 9.31. The maximum Gasteiger partial charge on any atom is 0.191 e. The second kappa shape index (κ2) is 13.3. The van der Waals surface area contributed by atoms with E-state index in [2.05, 4.69) is 51.9 Å². The minimum atomic E-state index is 0. The van der Waals surface area contributed by atoms with Crippen LogP contribution in [0.3, 0.4) is 0 Å². The van der Waals surface area contributed by atoms with E-state index in [-0.39, 0.29) is 24.0 Å². The fourth-order valence-electron chi connectivity index (χ4n) is 2.31. The molecule has 0 aromatic carbocycles. The lowest BCUT2D eigenvalue weighted by Gasteiger charge is -2.11. The van der Waals surface area contributed by atoms with Gasteiger partial charge in [0.1, 0.15) is 12.4 Å². The van der Waals surface area contributed by atoms with Crippen molar-refractivity contribution in [3.05, 3.63) is 41.9 Å². The maximum atomic E-state index is 5.33. The molecule has 3 N–H and O–H groups in total. The topological polar surface area (TPSA) is 87.4 Å². The molecular formula is C19H31IN6O. The average molecular weight is 486 g/mol. The molecule has 7 nitrogen and oxygen atoms in total. The Morgan fingerprint density at radius 1 is 1.19 bits per heavy atom. The zero-order valence-corrected chi connectivity index (χ0v) is 18.7. The Kier molecular flexibility index (Phi) is 11.5. The predicted octanol–water partition coefficient (Wildman–Crippen LogP) is 3.76. The molecule has 2 rings (SSSR count). The van der Waals surface area contributed by atoms with Gasteiger partial charge in [-0.05, 0) is 37.8 Å². The molecule has 0 saturated carbocycles. The Balaban J connectivity index is 0.00000364. The minimum absolute atomic E-state index is 0. The summed E-state index contributed by atoms with van der Waals surface area (Å²) in [4.78, 5) is 8.80. The van der Waals surface area contributed by atoms with Crippen molar-refractivity contribution in [1.82, 2.24) is 20.8 Å². The molecule has 0 aliphatic rings. The van der Waals surface area contributed by atoms with Gasteiger partial charge in [-0.25, -0.2) is 9.98 Å². The van der Waals surface area contributed by atoms with Gasteiger partial charge in [0.2, 0.25) is 0 Å². The van der Waals surface area contributed by atoms with Gasteiger partial charge < -0.3 is 20.5 Å². The molecule has 0 aliphatic heterocycles. The van der Waals surface area contributed by atoms with E-state index in [9.17, 15) is 0 Å². The first-order chi connectivity index (χ1) is 12.7. The Morgan fingerprint density at radius 3 is 2.67 bits per heavy atom. The number of hydrogen-bond donors (Lipinski definition) is 3. The highest BCUT2D eigenvalue weighted by Crippen LogP contribution is 2.14. The number of nitrogens with zero attached hydrogens (tertiary/aromatic N) is 3. The second-order valence-corrected chi connectivity index (χ2v) is 6.34. The molecular weight excluding hydrogens is 455 g/mol. The van der Waals surface area contributed by atoms with E-state index >= 15 is 0 Å². The van der Waals surface area contributed by atoms with E-state index in [1.165, 1.54) is 0 Å². The highest BCUT2D eigenvalue weighted by molar-refractivity contribution is 14.0. The molecule has 0 atom stereocenters. The number of anilines is 1. The number of pyridine rings is 1. The zero-order valence-electron chi connectivity index (χ0n) is 16.4. The molecule has 0 unspecified atom stereocenters. The van der Waals surface area contributed by atoms with Gasteiger partial charge in [0.05, 0.1) is 5.69 Å². The number of unbranched alkanes of at least 4 members (excludes halogenated alkanes) is 1. The summed E-state index contributed by atoms with van der Waals surface area (Å²) in [5.74, 6) is 2.86. The summed E-state index contributed by atoms with van der Waals surface area (Å²) < 4.78 is 5.33. The number of aliphatic imine (C=N–C) groups is 1. The molecule has 2 aromatic rings. The van der Waals surface area contributed by atoms with Crippen molar-refractivity contribution >= 4 is 35.8 Å². The molecule has 0 radical (unpaired) electrons. The summed E-state index contributed by atoms with van der Waals surface area (Å²) in [5.41, 5.74) is 0.966. The van der Waals surface area contributed by atoms with Gasteiger partial charge >= 0.3 is 0 Å².